The number of anilines is 2. The molecule has 1 aromatic carbocycles. The van der Waals surface area contributed by atoms with Gasteiger partial charge in [0.05, 0.1) is 11.2 Å². The lowest BCUT2D eigenvalue weighted by molar-refractivity contribution is 0.0241. The zero-order valence-electron chi connectivity index (χ0n) is 14.5. The predicted molar refractivity (Wildman–Crippen MR) is 96.2 cm³/mol. The first kappa shape index (κ1) is 16.4. The number of hydrogen-bond donors (Lipinski definition) is 1. The molecular formula is C18H24N4O2. The highest BCUT2D eigenvalue weighted by Crippen LogP contribution is 2.30. The summed E-state index contributed by atoms with van der Waals surface area (Å²) in [6.07, 6.45) is 1.51. The third-order valence-corrected chi connectivity index (χ3v) is 4.05. The van der Waals surface area contributed by atoms with Crippen molar-refractivity contribution >= 4 is 28.4 Å². The van der Waals surface area contributed by atoms with E-state index in [2.05, 4.69) is 9.88 Å². The molecule has 2 aromatic rings. The fourth-order valence-corrected chi connectivity index (χ4v) is 2.91. The molecule has 0 aliphatic carbocycles. The molecule has 1 aliphatic rings. The van der Waals surface area contributed by atoms with Gasteiger partial charge in [-0.25, -0.2) is 4.79 Å². The quantitative estimate of drug-likeness (QED) is 0.815. The van der Waals surface area contributed by atoms with Crippen LogP contribution in [-0.4, -0.2) is 47.8 Å². The molecule has 0 saturated carbocycles. The molecular weight excluding hydrogens is 304 g/mol. The second kappa shape index (κ2) is 6.19. The smallest absolute Gasteiger partial charge is 0.410 e. The van der Waals surface area contributed by atoms with Gasteiger partial charge in [-0.1, -0.05) is 0 Å². The first-order valence-electron chi connectivity index (χ1n) is 8.21. The van der Waals surface area contributed by atoms with Crippen LogP contribution in [0.25, 0.3) is 10.9 Å². The van der Waals surface area contributed by atoms with Gasteiger partial charge in [-0.3, -0.25) is 4.98 Å². The van der Waals surface area contributed by atoms with Crippen LogP contribution in [0.1, 0.15) is 20.8 Å². The molecule has 0 radical (unpaired) electrons. The standard InChI is InChI=1S/C18H24N4O2/c1-18(2,3)24-17(23)22-11-9-21(10-12-22)15-7-6-14(19)16-13(15)5-4-8-20-16/h4-8H,9-12,19H2,1-3H3. The van der Waals surface area contributed by atoms with E-state index in [1.54, 1.807) is 11.1 Å². The lowest BCUT2D eigenvalue weighted by atomic mass is 10.1. The van der Waals surface area contributed by atoms with Gasteiger partial charge in [0.1, 0.15) is 5.60 Å². The number of nitrogens with two attached hydrogens (primary N) is 1. The third kappa shape index (κ3) is 3.37. The minimum absolute atomic E-state index is 0.244. The summed E-state index contributed by atoms with van der Waals surface area (Å²) in [5.74, 6) is 0. The van der Waals surface area contributed by atoms with E-state index >= 15 is 0 Å². The largest absolute Gasteiger partial charge is 0.444 e. The molecule has 2 heterocycles. The maximum Gasteiger partial charge on any atom is 0.410 e. The maximum atomic E-state index is 12.2. The van der Waals surface area contributed by atoms with Crippen molar-refractivity contribution < 1.29 is 9.53 Å². The first-order chi connectivity index (χ1) is 11.3. The molecule has 0 unspecified atom stereocenters. The van der Waals surface area contributed by atoms with Crippen LogP contribution in [0.2, 0.25) is 0 Å². The van der Waals surface area contributed by atoms with E-state index < -0.39 is 5.60 Å². The average molecular weight is 328 g/mol. The number of fused-ring (bicyclic) bond motifs is 1. The van der Waals surface area contributed by atoms with Gasteiger partial charge in [0.2, 0.25) is 0 Å². The summed E-state index contributed by atoms with van der Waals surface area (Å²) in [6, 6.07) is 7.88. The molecule has 0 atom stereocenters. The van der Waals surface area contributed by atoms with Gasteiger partial charge in [-0.2, -0.15) is 0 Å². The molecule has 1 amide bonds. The SMILES string of the molecule is CC(C)(C)OC(=O)N1CCN(c2ccc(N)c3ncccc23)CC1. The van der Waals surface area contributed by atoms with Crippen molar-refractivity contribution in [2.75, 3.05) is 36.8 Å². The van der Waals surface area contributed by atoms with E-state index in [0.29, 0.717) is 18.8 Å². The number of ether oxygens (including phenoxy) is 1. The van der Waals surface area contributed by atoms with E-state index in [1.807, 2.05) is 45.0 Å². The Balaban J connectivity index is 1.74. The van der Waals surface area contributed by atoms with Crippen LogP contribution >= 0.6 is 0 Å². The van der Waals surface area contributed by atoms with Crippen LogP contribution in [0.15, 0.2) is 30.5 Å². The number of carbonyl (C=O) groups is 1. The van der Waals surface area contributed by atoms with Crippen molar-refractivity contribution in [1.82, 2.24) is 9.88 Å². The Labute approximate surface area is 142 Å². The second-order valence-electron chi connectivity index (χ2n) is 7.03. The summed E-state index contributed by atoms with van der Waals surface area (Å²) in [6.45, 7) is 8.44. The number of rotatable bonds is 1. The molecule has 3 rings (SSSR count). The van der Waals surface area contributed by atoms with Crippen LogP contribution in [0, 0.1) is 0 Å². The Morgan fingerprint density at radius 1 is 1.17 bits per heavy atom. The van der Waals surface area contributed by atoms with Crippen LogP contribution in [0.4, 0.5) is 16.2 Å². The van der Waals surface area contributed by atoms with Crippen LogP contribution in [-0.2, 0) is 4.74 Å². The normalized spacial score (nSPS) is 15.6. The highest BCUT2D eigenvalue weighted by atomic mass is 16.6. The minimum atomic E-state index is -0.465. The monoisotopic (exact) mass is 328 g/mol. The lowest BCUT2D eigenvalue weighted by Gasteiger charge is -2.37. The van der Waals surface area contributed by atoms with E-state index in [4.69, 9.17) is 10.5 Å². The second-order valence-corrected chi connectivity index (χ2v) is 7.03. The fourth-order valence-electron chi connectivity index (χ4n) is 2.91. The summed E-state index contributed by atoms with van der Waals surface area (Å²) in [5, 5.41) is 1.04. The van der Waals surface area contributed by atoms with E-state index in [9.17, 15) is 4.79 Å². The van der Waals surface area contributed by atoms with Gasteiger partial charge >= 0.3 is 6.09 Å². The number of nitrogens with zero attached hydrogens (tertiary/aromatic N) is 3. The Morgan fingerprint density at radius 3 is 2.54 bits per heavy atom. The lowest BCUT2D eigenvalue weighted by Crippen LogP contribution is -2.50. The Kier molecular flexibility index (Phi) is 4.22. The molecule has 1 fully saturated rings. The Hall–Kier alpha value is -2.50. The van der Waals surface area contributed by atoms with Crippen molar-refractivity contribution in [3.63, 3.8) is 0 Å². The number of benzene rings is 1. The molecule has 1 saturated heterocycles. The van der Waals surface area contributed by atoms with Crippen molar-refractivity contribution in [3.8, 4) is 0 Å². The number of pyridine rings is 1. The molecule has 0 bridgehead atoms. The number of hydrogen-bond acceptors (Lipinski definition) is 5. The van der Waals surface area contributed by atoms with Crippen LogP contribution in [0.5, 0.6) is 0 Å². The van der Waals surface area contributed by atoms with Crippen molar-refractivity contribution in [2.24, 2.45) is 0 Å². The Morgan fingerprint density at radius 2 is 1.88 bits per heavy atom. The highest BCUT2D eigenvalue weighted by Gasteiger charge is 2.26. The molecule has 6 nitrogen and oxygen atoms in total. The van der Waals surface area contributed by atoms with Gasteiger partial charge in [-0.15, -0.1) is 0 Å². The van der Waals surface area contributed by atoms with E-state index in [0.717, 1.165) is 29.7 Å². The predicted octanol–water partition coefficient (Wildman–Crippen LogP) is 2.87. The fraction of sp³-hybridized carbons (Fsp3) is 0.444. The topological polar surface area (TPSA) is 71.7 Å². The zero-order valence-corrected chi connectivity index (χ0v) is 14.5. The minimum Gasteiger partial charge on any atom is -0.444 e. The summed E-state index contributed by atoms with van der Waals surface area (Å²) in [5.41, 5.74) is 8.17. The van der Waals surface area contributed by atoms with Gasteiger partial charge in [-0.05, 0) is 45.0 Å². The van der Waals surface area contributed by atoms with Gasteiger partial charge in [0.15, 0.2) is 0 Å². The molecule has 1 aliphatic heterocycles. The van der Waals surface area contributed by atoms with Crippen molar-refractivity contribution in [3.05, 3.63) is 30.5 Å². The third-order valence-electron chi connectivity index (χ3n) is 4.05. The summed E-state index contributed by atoms with van der Waals surface area (Å²) >= 11 is 0. The summed E-state index contributed by atoms with van der Waals surface area (Å²) in [7, 11) is 0. The molecule has 1 aromatic heterocycles. The molecule has 0 spiro atoms. The van der Waals surface area contributed by atoms with Crippen LogP contribution < -0.4 is 10.6 Å². The number of carbonyl (C=O) groups excluding carboxylic acids is 1. The molecule has 128 valence electrons. The van der Waals surface area contributed by atoms with Gasteiger partial charge < -0.3 is 20.3 Å². The number of nitrogen functional groups attached to an aromatic ring is 1. The van der Waals surface area contributed by atoms with Crippen molar-refractivity contribution in [2.45, 2.75) is 26.4 Å². The summed E-state index contributed by atoms with van der Waals surface area (Å²) < 4.78 is 5.45. The summed E-state index contributed by atoms with van der Waals surface area (Å²) in [4.78, 5) is 20.6. The van der Waals surface area contributed by atoms with Gasteiger partial charge in [0.25, 0.3) is 0 Å². The number of piperazine rings is 1. The maximum absolute atomic E-state index is 12.2. The zero-order chi connectivity index (χ0) is 17.3. The van der Waals surface area contributed by atoms with Gasteiger partial charge in [0, 0.05) is 43.4 Å². The Bertz CT molecular complexity index is 746. The van der Waals surface area contributed by atoms with E-state index in [-0.39, 0.29) is 6.09 Å². The van der Waals surface area contributed by atoms with E-state index in [1.165, 1.54) is 0 Å². The first-order valence-corrected chi connectivity index (χ1v) is 8.21. The molecule has 24 heavy (non-hydrogen) atoms. The van der Waals surface area contributed by atoms with Crippen LogP contribution in [0.3, 0.4) is 0 Å². The molecule has 2 N–H and O–H groups in total. The number of aromatic nitrogens is 1. The van der Waals surface area contributed by atoms with Crippen molar-refractivity contribution in [1.29, 1.82) is 0 Å². The molecule has 6 heteroatoms. The number of amides is 1. The highest BCUT2D eigenvalue weighted by molar-refractivity contribution is 5.98. The average Bonchev–Trinajstić information content (AvgIpc) is 2.54.